The Morgan fingerprint density at radius 2 is 2.20 bits per heavy atom. The zero-order valence-electron chi connectivity index (χ0n) is 11.3. The molecule has 1 aromatic rings. The lowest BCUT2D eigenvalue weighted by Crippen LogP contribution is -2.26. The van der Waals surface area contributed by atoms with E-state index in [1.807, 2.05) is 31.2 Å². The smallest absolute Gasteiger partial charge is 0.303 e. The third-order valence-corrected chi connectivity index (χ3v) is 3.24. The van der Waals surface area contributed by atoms with Gasteiger partial charge in [0.25, 0.3) is 0 Å². The van der Waals surface area contributed by atoms with Crippen molar-refractivity contribution in [3.63, 3.8) is 0 Å². The second-order valence-electron chi connectivity index (χ2n) is 4.67. The Kier molecular flexibility index (Phi) is 7.01. The molecule has 1 atom stereocenters. The van der Waals surface area contributed by atoms with Gasteiger partial charge in [0.2, 0.25) is 5.91 Å². The molecule has 0 fully saturated rings. The first-order chi connectivity index (χ1) is 9.47. The van der Waals surface area contributed by atoms with E-state index in [0.29, 0.717) is 13.0 Å². The maximum Gasteiger partial charge on any atom is 0.303 e. The van der Waals surface area contributed by atoms with Crippen LogP contribution in [-0.4, -0.2) is 23.5 Å². The molecule has 0 bridgehead atoms. The van der Waals surface area contributed by atoms with Gasteiger partial charge in [-0.3, -0.25) is 9.59 Å². The quantitative estimate of drug-likeness (QED) is 0.750. The van der Waals surface area contributed by atoms with Crippen LogP contribution in [0.5, 0.6) is 0 Å². The molecule has 1 aromatic carbocycles. The summed E-state index contributed by atoms with van der Waals surface area (Å²) in [5, 5.41) is 11.3. The molecule has 1 unspecified atom stereocenters. The fourth-order valence-corrected chi connectivity index (χ4v) is 2.00. The van der Waals surface area contributed by atoms with E-state index in [0.717, 1.165) is 10.0 Å². The SMILES string of the molecule is CC(CCC(=O)O)CNC(=O)/C=C/c1cccc(Br)c1. The Morgan fingerprint density at radius 3 is 2.85 bits per heavy atom. The second-order valence-corrected chi connectivity index (χ2v) is 5.59. The van der Waals surface area contributed by atoms with Crippen molar-refractivity contribution in [3.8, 4) is 0 Å². The monoisotopic (exact) mass is 339 g/mol. The zero-order valence-corrected chi connectivity index (χ0v) is 12.9. The highest BCUT2D eigenvalue weighted by molar-refractivity contribution is 9.10. The van der Waals surface area contributed by atoms with Crippen LogP contribution in [-0.2, 0) is 9.59 Å². The van der Waals surface area contributed by atoms with E-state index in [2.05, 4.69) is 21.2 Å². The topological polar surface area (TPSA) is 66.4 Å². The maximum absolute atomic E-state index is 11.6. The fourth-order valence-electron chi connectivity index (χ4n) is 1.59. The Labute approximate surface area is 127 Å². The first-order valence-electron chi connectivity index (χ1n) is 6.40. The molecule has 0 spiro atoms. The van der Waals surface area contributed by atoms with Crippen LogP contribution in [0.15, 0.2) is 34.8 Å². The Hall–Kier alpha value is -1.62. The second kappa shape index (κ2) is 8.53. The number of rotatable bonds is 7. The normalized spacial score (nSPS) is 12.3. The average Bonchev–Trinajstić information content (AvgIpc) is 2.40. The highest BCUT2D eigenvalue weighted by Crippen LogP contribution is 2.12. The van der Waals surface area contributed by atoms with E-state index in [9.17, 15) is 9.59 Å². The first kappa shape index (κ1) is 16.4. The Balaban J connectivity index is 2.34. The number of hydrogen-bond acceptors (Lipinski definition) is 2. The molecule has 108 valence electrons. The average molecular weight is 340 g/mol. The highest BCUT2D eigenvalue weighted by Gasteiger charge is 2.06. The minimum Gasteiger partial charge on any atom is -0.481 e. The molecule has 1 amide bonds. The predicted molar refractivity (Wildman–Crippen MR) is 82.2 cm³/mol. The Morgan fingerprint density at radius 1 is 1.45 bits per heavy atom. The molecule has 0 aliphatic heterocycles. The van der Waals surface area contributed by atoms with Gasteiger partial charge in [0.1, 0.15) is 0 Å². The van der Waals surface area contributed by atoms with Crippen molar-refractivity contribution in [2.45, 2.75) is 19.8 Å². The van der Waals surface area contributed by atoms with Gasteiger partial charge in [0.15, 0.2) is 0 Å². The molecule has 0 saturated heterocycles. The lowest BCUT2D eigenvalue weighted by atomic mass is 10.1. The number of halogens is 1. The van der Waals surface area contributed by atoms with Crippen molar-refractivity contribution in [2.75, 3.05) is 6.54 Å². The fraction of sp³-hybridized carbons (Fsp3) is 0.333. The van der Waals surface area contributed by atoms with Crippen molar-refractivity contribution < 1.29 is 14.7 Å². The minimum absolute atomic E-state index is 0.130. The first-order valence-corrected chi connectivity index (χ1v) is 7.20. The highest BCUT2D eigenvalue weighted by atomic mass is 79.9. The third kappa shape index (κ3) is 7.09. The molecule has 1 rings (SSSR count). The lowest BCUT2D eigenvalue weighted by molar-refractivity contribution is -0.137. The van der Waals surface area contributed by atoms with Crippen LogP contribution >= 0.6 is 15.9 Å². The largest absolute Gasteiger partial charge is 0.481 e. The number of nitrogens with one attached hydrogen (secondary N) is 1. The number of carboxylic acid groups (broad SMARTS) is 1. The van der Waals surface area contributed by atoms with Crippen LogP contribution < -0.4 is 5.32 Å². The van der Waals surface area contributed by atoms with Gasteiger partial charge in [-0.05, 0) is 36.1 Å². The van der Waals surface area contributed by atoms with Gasteiger partial charge in [0.05, 0.1) is 0 Å². The van der Waals surface area contributed by atoms with Gasteiger partial charge in [-0.25, -0.2) is 0 Å². The number of aliphatic carboxylic acids is 1. The summed E-state index contributed by atoms with van der Waals surface area (Å²) in [7, 11) is 0. The third-order valence-electron chi connectivity index (χ3n) is 2.75. The van der Waals surface area contributed by atoms with Gasteiger partial charge in [-0.15, -0.1) is 0 Å². The summed E-state index contributed by atoms with van der Waals surface area (Å²) >= 11 is 3.37. The molecular weight excluding hydrogens is 322 g/mol. The van der Waals surface area contributed by atoms with Gasteiger partial charge in [0, 0.05) is 23.5 Å². The molecule has 0 aliphatic rings. The van der Waals surface area contributed by atoms with Gasteiger partial charge < -0.3 is 10.4 Å². The minimum atomic E-state index is -0.808. The number of carbonyl (C=O) groups is 2. The maximum atomic E-state index is 11.6. The Bertz CT molecular complexity index is 500. The van der Waals surface area contributed by atoms with Crippen molar-refractivity contribution in [1.29, 1.82) is 0 Å². The lowest BCUT2D eigenvalue weighted by Gasteiger charge is -2.09. The molecule has 2 N–H and O–H groups in total. The van der Waals surface area contributed by atoms with Gasteiger partial charge in [-0.1, -0.05) is 35.0 Å². The van der Waals surface area contributed by atoms with E-state index in [1.54, 1.807) is 6.08 Å². The summed E-state index contributed by atoms with van der Waals surface area (Å²) < 4.78 is 0.961. The van der Waals surface area contributed by atoms with Crippen LogP contribution in [0.4, 0.5) is 0 Å². The molecule has 4 nitrogen and oxygen atoms in total. The summed E-state index contributed by atoms with van der Waals surface area (Å²) in [5.41, 5.74) is 0.938. The predicted octanol–water partition coefficient (Wildman–Crippen LogP) is 3.08. The van der Waals surface area contributed by atoms with Crippen LogP contribution in [0.25, 0.3) is 6.08 Å². The van der Waals surface area contributed by atoms with E-state index >= 15 is 0 Å². The summed E-state index contributed by atoms with van der Waals surface area (Å²) in [6, 6.07) is 7.64. The van der Waals surface area contributed by atoms with Crippen molar-refractivity contribution in [3.05, 3.63) is 40.4 Å². The standard InChI is InChI=1S/C15H18BrNO3/c1-11(5-8-15(19)20)10-17-14(18)7-6-12-3-2-4-13(16)9-12/h2-4,6-7,9,11H,5,8,10H2,1H3,(H,17,18)(H,19,20)/b7-6+. The zero-order chi connectivity index (χ0) is 15.0. The molecule has 0 aromatic heterocycles. The van der Waals surface area contributed by atoms with E-state index < -0.39 is 5.97 Å². The van der Waals surface area contributed by atoms with Gasteiger partial charge in [-0.2, -0.15) is 0 Å². The summed E-state index contributed by atoms with van der Waals surface area (Å²) in [6.07, 6.45) is 3.91. The number of hydrogen-bond donors (Lipinski definition) is 2. The number of carboxylic acids is 1. The summed E-state index contributed by atoms with van der Waals surface area (Å²) in [5.74, 6) is -0.834. The number of amides is 1. The molecule has 0 aliphatic carbocycles. The number of carbonyl (C=O) groups excluding carboxylic acids is 1. The van der Waals surface area contributed by atoms with Crippen molar-refractivity contribution in [2.24, 2.45) is 5.92 Å². The number of benzene rings is 1. The summed E-state index contributed by atoms with van der Waals surface area (Å²) in [4.78, 5) is 22.0. The van der Waals surface area contributed by atoms with Crippen LogP contribution in [0.2, 0.25) is 0 Å². The van der Waals surface area contributed by atoms with Crippen LogP contribution in [0, 0.1) is 5.92 Å². The van der Waals surface area contributed by atoms with Crippen LogP contribution in [0.3, 0.4) is 0 Å². The molecular formula is C15H18BrNO3. The van der Waals surface area contributed by atoms with Crippen molar-refractivity contribution >= 4 is 33.9 Å². The van der Waals surface area contributed by atoms with E-state index in [-0.39, 0.29) is 18.2 Å². The van der Waals surface area contributed by atoms with Gasteiger partial charge >= 0.3 is 5.97 Å². The molecule has 0 radical (unpaired) electrons. The molecule has 0 heterocycles. The summed E-state index contributed by atoms with van der Waals surface area (Å²) in [6.45, 7) is 2.40. The molecule has 0 saturated carbocycles. The van der Waals surface area contributed by atoms with E-state index in [1.165, 1.54) is 6.08 Å². The molecule has 20 heavy (non-hydrogen) atoms. The molecule has 5 heteroatoms. The van der Waals surface area contributed by atoms with Crippen molar-refractivity contribution in [1.82, 2.24) is 5.32 Å². The van der Waals surface area contributed by atoms with Crippen LogP contribution in [0.1, 0.15) is 25.3 Å². The van der Waals surface area contributed by atoms with E-state index in [4.69, 9.17) is 5.11 Å².